The van der Waals surface area contributed by atoms with Crippen molar-refractivity contribution in [2.75, 3.05) is 13.1 Å². The first-order valence-corrected chi connectivity index (χ1v) is 7.61. The van der Waals surface area contributed by atoms with E-state index in [2.05, 4.69) is 0 Å². The standard InChI is InChI=1S/C16H17ClN2O2/c1-2-18-10-13(16(21)19-7-3-4-8-19)15(20)12-9-11(17)5-6-14(12)18/h5-6,9-10H,2-4,7-8H2,1H3. The van der Waals surface area contributed by atoms with E-state index in [0.29, 0.717) is 17.0 Å². The fraction of sp³-hybridized carbons (Fsp3) is 0.375. The molecule has 0 atom stereocenters. The second-order valence-corrected chi connectivity index (χ2v) is 5.76. The number of amides is 1. The van der Waals surface area contributed by atoms with Crippen molar-refractivity contribution in [2.24, 2.45) is 0 Å². The van der Waals surface area contributed by atoms with E-state index in [0.717, 1.165) is 31.4 Å². The molecule has 2 heterocycles. The number of carbonyl (C=O) groups is 1. The first-order valence-electron chi connectivity index (χ1n) is 7.24. The predicted octanol–water partition coefficient (Wildman–Crippen LogP) is 2.91. The zero-order valence-corrected chi connectivity index (χ0v) is 12.7. The van der Waals surface area contributed by atoms with Gasteiger partial charge in [0.1, 0.15) is 5.56 Å². The van der Waals surface area contributed by atoms with E-state index in [1.165, 1.54) is 0 Å². The van der Waals surface area contributed by atoms with E-state index in [1.807, 2.05) is 17.6 Å². The number of hydrogen-bond acceptors (Lipinski definition) is 2. The first kappa shape index (κ1) is 14.1. The van der Waals surface area contributed by atoms with Gasteiger partial charge in [-0.2, -0.15) is 0 Å². The van der Waals surface area contributed by atoms with Crippen LogP contribution in [0.3, 0.4) is 0 Å². The summed E-state index contributed by atoms with van der Waals surface area (Å²) in [5.41, 5.74) is 0.826. The average molecular weight is 305 g/mol. The number of pyridine rings is 1. The summed E-state index contributed by atoms with van der Waals surface area (Å²) >= 11 is 6.00. The van der Waals surface area contributed by atoms with E-state index in [9.17, 15) is 9.59 Å². The molecule has 0 aliphatic carbocycles. The number of fused-ring (bicyclic) bond motifs is 1. The van der Waals surface area contributed by atoms with Crippen molar-refractivity contribution in [3.63, 3.8) is 0 Å². The fourth-order valence-corrected chi connectivity index (χ4v) is 3.05. The SMILES string of the molecule is CCn1cc(C(=O)N2CCCC2)c(=O)c2cc(Cl)ccc21. The molecule has 0 unspecified atom stereocenters. The molecular formula is C16H17ClN2O2. The van der Waals surface area contributed by atoms with E-state index in [-0.39, 0.29) is 16.9 Å². The molecule has 110 valence electrons. The maximum atomic E-state index is 12.6. The van der Waals surface area contributed by atoms with Crippen molar-refractivity contribution in [1.29, 1.82) is 0 Å². The molecule has 0 radical (unpaired) electrons. The lowest BCUT2D eigenvalue weighted by atomic mass is 10.1. The summed E-state index contributed by atoms with van der Waals surface area (Å²) in [4.78, 5) is 26.9. The lowest BCUT2D eigenvalue weighted by Crippen LogP contribution is -2.32. The van der Waals surface area contributed by atoms with Crippen LogP contribution < -0.4 is 5.43 Å². The Morgan fingerprint density at radius 2 is 2.00 bits per heavy atom. The molecular weight excluding hydrogens is 288 g/mol. The quantitative estimate of drug-likeness (QED) is 0.856. The highest BCUT2D eigenvalue weighted by Crippen LogP contribution is 2.19. The molecule has 0 spiro atoms. The molecule has 1 amide bonds. The Morgan fingerprint density at radius 3 is 2.67 bits per heavy atom. The number of rotatable bonds is 2. The van der Waals surface area contributed by atoms with Gasteiger partial charge in [-0.1, -0.05) is 11.6 Å². The van der Waals surface area contributed by atoms with Crippen molar-refractivity contribution < 1.29 is 4.79 Å². The Bertz CT molecular complexity index is 761. The van der Waals surface area contributed by atoms with Gasteiger partial charge in [0.2, 0.25) is 5.43 Å². The summed E-state index contributed by atoms with van der Waals surface area (Å²) in [5, 5.41) is 1.02. The van der Waals surface area contributed by atoms with E-state index in [1.54, 1.807) is 23.2 Å². The zero-order valence-electron chi connectivity index (χ0n) is 11.9. The van der Waals surface area contributed by atoms with Gasteiger partial charge < -0.3 is 9.47 Å². The van der Waals surface area contributed by atoms with Crippen molar-refractivity contribution in [1.82, 2.24) is 9.47 Å². The van der Waals surface area contributed by atoms with Gasteiger partial charge in [0.05, 0.1) is 5.52 Å². The third-order valence-electron chi connectivity index (χ3n) is 4.01. The summed E-state index contributed by atoms with van der Waals surface area (Å²) in [6, 6.07) is 5.23. The monoisotopic (exact) mass is 304 g/mol. The van der Waals surface area contributed by atoms with Gasteiger partial charge in [-0.25, -0.2) is 0 Å². The predicted molar refractivity (Wildman–Crippen MR) is 84.0 cm³/mol. The van der Waals surface area contributed by atoms with Crippen molar-refractivity contribution in [2.45, 2.75) is 26.3 Å². The smallest absolute Gasteiger partial charge is 0.259 e. The van der Waals surface area contributed by atoms with Crippen LogP contribution in [0.25, 0.3) is 10.9 Å². The summed E-state index contributed by atoms with van der Waals surface area (Å²) in [5.74, 6) is -0.165. The highest BCUT2D eigenvalue weighted by molar-refractivity contribution is 6.31. The summed E-state index contributed by atoms with van der Waals surface area (Å²) in [7, 11) is 0. The number of halogens is 1. The minimum atomic E-state index is -0.228. The van der Waals surface area contributed by atoms with Crippen LogP contribution in [-0.2, 0) is 6.54 Å². The molecule has 3 rings (SSSR count). The topological polar surface area (TPSA) is 42.3 Å². The number of aryl methyl sites for hydroxylation is 1. The summed E-state index contributed by atoms with van der Waals surface area (Å²) in [6.07, 6.45) is 3.69. The van der Waals surface area contributed by atoms with Crippen molar-refractivity contribution in [3.05, 3.63) is 45.2 Å². The van der Waals surface area contributed by atoms with Crippen LogP contribution in [0, 0.1) is 0 Å². The molecule has 0 N–H and O–H groups in total. The number of benzene rings is 1. The maximum absolute atomic E-state index is 12.6. The third kappa shape index (κ3) is 2.44. The zero-order chi connectivity index (χ0) is 15.0. The van der Waals surface area contributed by atoms with Crippen LogP contribution in [0.5, 0.6) is 0 Å². The number of hydrogen-bond donors (Lipinski definition) is 0. The first-order chi connectivity index (χ1) is 10.1. The molecule has 5 heteroatoms. The Kier molecular flexibility index (Phi) is 3.72. The second kappa shape index (κ2) is 5.53. The van der Waals surface area contributed by atoms with Crippen LogP contribution in [0.2, 0.25) is 5.02 Å². The summed E-state index contributed by atoms with van der Waals surface area (Å²) in [6.45, 7) is 4.15. The second-order valence-electron chi connectivity index (χ2n) is 5.32. The van der Waals surface area contributed by atoms with E-state index < -0.39 is 0 Å². The molecule has 0 bridgehead atoms. The number of nitrogens with zero attached hydrogens (tertiary/aromatic N) is 2. The van der Waals surface area contributed by atoms with Gasteiger partial charge in [-0.15, -0.1) is 0 Å². The van der Waals surface area contributed by atoms with E-state index in [4.69, 9.17) is 11.6 Å². The minimum absolute atomic E-state index is 0.165. The van der Waals surface area contributed by atoms with Gasteiger partial charge in [0.25, 0.3) is 5.91 Å². The lowest BCUT2D eigenvalue weighted by Gasteiger charge is -2.17. The number of carbonyl (C=O) groups excluding carboxylic acids is 1. The molecule has 1 aliphatic rings. The molecule has 1 saturated heterocycles. The maximum Gasteiger partial charge on any atom is 0.259 e. The average Bonchev–Trinajstić information content (AvgIpc) is 3.02. The van der Waals surface area contributed by atoms with Crippen LogP contribution in [0.15, 0.2) is 29.2 Å². The third-order valence-corrected chi connectivity index (χ3v) is 4.24. The van der Waals surface area contributed by atoms with Crippen LogP contribution in [0.4, 0.5) is 0 Å². The molecule has 1 aliphatic heterocycles. The molecule has 2 aromatic rings. The molecule has 1 aromatic heterocycles. The van der Waals surface area contributed by atoms with Crippen molar-refractivity contribution >= 4 is 28.4 Å². The highest BCUT2D eigenvalue weighted by Gasteiger charge is 2.23. The molecule has 1 fully saturated rings. The van der Waals surface area contributed by atoms with Gasteiger partial charge in [0.15, 0.2) is 0 Å². The van der Waals surface area contributed by atoms with E-state index >= 15 is 0 Å². The fourth-order valence-electron chi connectivity index (χ4n) is 2.87. The number of aromatic nitrogens is 1. The normalized spacial score (nSPS) is 14.9. The van der Waals surface area contributed by atoms with Crippen LogP contribution in [0.1, 0.15) is 30.1 Å². The highest BCUT2D eigenvalue weighted by atomic mass is 35.5. The van der Waals surface area contributed by atoms with Gasteiger partial charge in [0, 0.05) is 36.2 Å². The van der Waals surface area contributed by atoms with Crippen LogP contribution in [-0.4, -0.2) is 28.5 Å². The molecule has 1 aromatic carbocycles. The minimum Gasteiger partial charge on any atom is -0.347 e. The van der Waals surface area contributed by atoms with Gasteiger partial charge in [-0.05, 0) is 38.0 Å². The lowest BCUT2D eigenvalue weighted by molar-refractivity contribution is 0.0791. The Balaban J connectivity index is 2.21. The Morgan fingerprint density at radius 1 is 1.29 bits per heavy atom. The van der Waals surface area contributed by atoms with Crippen molar-refractivity contribution in [3.8, 4) is 0 Å². The largest absolute Gasteiger partial charge is 0.347 e. The summed E-state index contributed by atoms with van der Waals surface area (Å²) < 4.78 is 1.93. The molecule has 21 heavy (non-hydrogen) atoms. The Hall–Kier alpha value is -1.81. The molecule has 4 nitrogen and oxygen atoms in total. The number of likely N-dealkylation sites (tertiary alicyclic amines) is 1. The van der Waals surface area contributed by atoms with Crippen LogP contribution >= 0.6 is 11.6 Å². The van der Waals surface area contributed by atoms with Gasteiger partial charge in [-0.3, -0.25) is 9.59 Å². The Labute approximate surface area is 127 Å². The van der Waals surface area contributed by atoms with Gasteiger partial charge >= 0.3 is 0 Å². The molecule has 0 saturated carbocycles.